The smallest absolute Gasteiger partial charge is 0.257 e. The molecular formula is C19H32Cl2N4O3. The number of hydrogen-bond donors (Lipinski definition) is 1. The first-order chi connectivity index (χ1) is 12.7. The van der Waals surface area contributed by atoms with E-state index in [-0.39, 0.29) is 36.3 Å². The maximum atomic E-state index is 13.0. The van der Waals surface area contributed by atoms with Crippen molar-refractivity contribution in [3.63, 3.8) is 0 Å². The van der Waals surface area contributed by atoms with Crippen LogP contribution >= 0.6 is 24.8 Å². The van der Waals surface area contributed by atoms with Crippen LogP contribution in [0.4, 0.5) is 0 Å². The van der Waals surface area contributed by atoms with E-state index in [1.54, 1.807) is 6.26 Å². The number of halogens is 2. The standard InChI is InChI=1S/C19H30N4O3.2ClH/c1-21-6-7-23(15-19(21)2-4-20-5-3-19)18(24)16-12-17(26-14-16)13-22-8-10-25-11-9-22;;/h12,14,20H,2-11,13,15H2,1H3;2*1H. The number of ether oxygens (including phenoxy) is 1. The maximum absolute atomic E-state index is 13.0. The monoisotopic (exact) mass is 434 g/mol. The van der Waals surface area contributed by atoms with Gasteiger partial charge in [-0.15, -0.1) is 24.8 Å². The Morgan fingerprint density at radius 2 is 1.86 bits per heavy atom. The largest absolute Gasteiger partial charge is 0.467 e. The summed E-state index contributed by atoms with van der Waals surface area (Å²) in [6.07, 6.45) is 3.83. The fourth-order valence-electron chi connectivity index (χ4n) is 4.41. The van der Waals surface area contributed by atoms with Crippen LogP contribution in [0.15, 0.2) is 16.7 Å². The number of nitrogens with one attached hydrogen (secondary N) is 1. The number of piperazine rings is 1. The lowest BCUT2D eigenvalue weighted by Gasteiger charge is -2.51. The Bertz CT molecular complexity index is 630. The molecule has 3 aliphatic rings. The van der Waals surface area contributed by atoms with Gasteiger partial charge in [-0.2, -0.15) is 0 Å². The van der Waals surface area contributed by atoms with E-state index in [0.29, 0.717) is 5.56 Å². The van der Waals surface area contributed by atoms with Crippen molar-refractivity contribution in [1.29, 1.82) is 0 Å². The summed E-state index contributed by atoms with van der Waals surface area (Å²) in [7, 11) is 2.20. The second-order valence-corrected chi connectivity index (χ2v) is 7.81. The zero-order valence-corrected chi connectivity index (χ0v) is 18.2. The molecule has 1 aromatic heterocycles. The summed E-state index contributed by atoms with van der Waals surface area (Å²) in [4.78, 5) is 19.8. The van der Waals surface area contributed by atoms with Crippen molar-refractivity contribution in [1.82, 2.24) is 20.0 Å². The molecule has 0 unspecified atom stereocenters. The summed E-state index contributed by atoms with van der Waals surface area (Å²) < 4.78 is 11.1. The van der Waals surface area contributed by atoms with Gasteiger partial charge in [-0.05, 0) is 39.0 Å². The zero-order chi connectivity index (χ0) is 18.0. The average Bonchev–Trinajstić information content (AvgIpc) is 3.13. The quantitative estimate of drug-likeness (QED) is 0.776. The highest BCUT2D eigenvalue weighted by Crippen LogP contribution is 2.30. The Hall–Kier alpha value is -0.830. The molecule has 0 bridgehead atoms. The van der Waals surface area contributed by atoms with Crippen molar-refractivity contribution in [3.05, 3.63) is 23.7 Å². The lowest BCUT2D eigenvalue weighted by Crippen LogP contribution is -2.64. The Morgan fingerprint density at radius 1 is 1.14 bits per heavy atom. The van der Waals surface area contributed by atoms with Crippen LogP contribution in [0.25, 0.3) is 0 Å². The van der Waals surface area contributed by atoms with Crippen molar-refractivity contribution >= 4 is 30.7 Å². The number of rotatable bonds is 3. The van der Waals surface area contributed by atoms with E-state index < -0.39 is 0 Å². The minimum Gasteiger partial charge on any atom is -0.467 e. The van der Waals surface area contributed by atoms with E-state index in [9.17, 15) is 4.79 Å². The highest BCUT2D eigenvalue weighted by molar-refractivity contribution is 5.94. The molecule has 0 aromatic carbocycles. The molecule has 1 amide bonds. The first-order valence-corrected chi connectivity index (χ1v) is 9.75. The first kappa shape index (κ1) is 23.4. The van der Waals surface area contributed by atoms with Crippen molar-refractivity contribution in [2.24, 2.45) is 0 Å². The van der Waals surface area contributed by atoms with Crippen LogP contribution in [0.5, 0.6) is 0 Å². The lowest BCUT2D eigenvalue weighted by atomic mass is 9.84. The van der Waals surface area contributed by atoms with Crippen LogP contribution < -0.4 is 5.32 Å². The molecule has 1 aromatic rings. The fraction of sp³-hybridized carbons (Fsp3) is 0.737. The Morgan fingerprint density at radius 3 is 2.57 bits per heavy atom. The van der Waals surface area contributed by atoms with Gasteiger partial charge < -0.3 is 19.4 Å². The lowest BCUT2D eigenvalue weighted by molar-refractivity contribution is -0.00101. The number of carbonyl (C=O) groups excluding carboxylic acids is 1. The average molecular weight is 435 g/mol. The van der Waals surface area contributed by atoms with Gasteiger partial charge >= 0.3 is 0 Å². The van der Waals surface area contributed by atoms with Crippen molar-refractivity contribution < 1.29 is 13.9 Å². The van der Waals surface area contributed by atoms with E-state index in [1.807, 2.05) is 11.0 Å². The minimum absolute atomic E-state index is 0. The fourth-order valence-corrected chi connectivity index (χ4v) is 4.41. The molecule has 4 heterocycles. The molecule has 28 heavy (non-hydrogen) atoms. The normalized spacial score (nSPS) is 23.1. The topological polar surface area (TPSA) is 61.2 Å². The van der Waals surface area contributed by atoms with Gasteiger partial charge in [0, 0.05) is 38.3 Å². The van der Waals surface area contributed by atoms with E-state index >= 15 is 0 Å². The molecule has 3 aliphatic heterocycles. The molecule has 9 heteroatoms. The second-order valence-electron chi connectivity index (χ2n) is 7.81. The summed E-state index contributed by atoms with van der Waals surface area (Å²) >= 11 is 0. The first-order valence-electron chi connectivity index (χ1n) is 9.75. The number of furan rings is 1. The highest BCUT2D eigenvalue weighted by atomic mass is 35.5. The van der Waals surface area contributed by atoms with Crippen LogP contribution in [0.2, 0.25) is 0 Å². The Kier molecular flexibility index (Phi) is 8.60. The van der Waals surface area contributed by atoms with E-state index in [0.717, 1.165) is 84.2 Å². The summed E-state index contributed by atoms with van der Waals surface area (Å²) in [5.41, 5.74) is 0.807. The number of likely N-dealkylation sites (N-methyl/N-ethyl adjacent to an activating group) is 1. The SMILES string of the molecule is CN1CCN(C(=O)c2coc(CN3CCOCC3)c2)CC12CCNCC2.Cl.Cl. The number of morpholine rings is 1. The number of nitrogens with zero attached hydrogens (tertiary/aromatic N) is 3. The number of hydrogen-bond acceptors (Lipinski definition) is 6. The number of amides is 1. The minimum atomic E-state index is 0. The van der Waals surface area contributed by atoms with Gasteiger partial charge in [0.1, 0.15) is 12.0 Å². The van der Waals surface area contributed by atoms with Gasteiger partial charge in [0.05, 0.1) is 25.3 Å². The van der Waals surface area contributed by atoms with Crippen LogP contribution in [0.3, 0.4) is 0 Å². The number of piperidine rings is 1. The molecule has 0 saturated carbocycles. The van der Waals surface area contributed by atoms with Gasteiger partial charge in [0.25, 0.3) is 5.91 Å². The maximum Gasteiger partial charge on any atom is 0.257 e. The van der Waals surface area contributed by atoms with Gasteiger partial charge in [-0.25, -0.2) is 0 Å². The molecule has 0 aliphatic carbocycles. The summed E-state index contributed by atoms with van der Waals surface area (Å²) in [6, 6.07) is 1.92. The van der Waals surface area contributed by atoms with E-state index in [4.69, 9.17) is 9.15 Å². The molecule has 4 rings (SSSR count). The van der Waals surface area contributed by atoms with Crippen molar-refractivity contribution in [2.45, 2.75) is 24.9 Å². The zero-order valence-electron chi connectivity index (χ0n) is 16.5. The third kappa shape index (κ3) is 5.01. The summed E-state index contributed by atoms with van der Waals surface area (Å²) in [5, 5.41) is 3.44. The van der Waals surface area contributed by atoms with Gasteiger partial charge in [-0.3, -0.25) is 14.6 Å². The van der Waals surface area contributed by atoms with Crippen LogP contribution in [-0.2, 0) is 11.3 Å². The van der Waals surface area contributed by atoms with Crippen molar-refractivity contribution in [2.75, 3.05) is 66.1 Å². The highest BCUT2D eigenvalue weighted by Gasteiger charge is 2.42. The predicted molar refractivity (Wildman–Crippen MR) is 113 cm³/mol. The van der Waals surface area contributed by atoms with Crippen LogP contribution in [-0.4, -0.2) is 92.2 Å². The summed E-state index contributed by atoms with van der Waals surface area (Å²) in [6.45, 7) is 8.71. The molecule has 160 valence electrons. The van der Waals surface area contributed by atoms with Crippen molar-refractivity contribution in [3.8, 4) is 0 Å². The molecule has 3 fully saturated rings. The predicted octanol–water partition coefficient (Wildman–Crippen LogP) is 1.47. The molecule has 1 spiro atoms. The van der Waals surface area contributed by atoms with Gasteiger partial charge in [-0.1, -0.05) is 0 Å². The molecule has 3 saturated heterocycles. The molecule has 0 radical (unpaired) electrons. The van der Waals surface area contributed by atoms with E-state index in [2.05, 4.69) is 22.2 Å². The molecule has 7 nitrogen and oxygen atoms in total. The number of carbonyl (C=O) groups is 1. The molecule has 0 atom stereocenters. The Labute approximate surface area is 179 Å². The van der Waals surface area contributed by atoms with Gasteiger partial charge in [0.2, 0.25) is 0 Å². The molecular weight excluding hydrogens is 403 g/mol. The molecule has 1 N–H and O–H groups in total. The third-order valence-electron chi connectivity index (χ3n) is 6.21. The summed E-state index contributed by atoms with van der Waals surface area (Å²) in [5.74, 6) is 0.967. The third-order valence-corrected chi connectivity index (χ3v) is 6.21. The van der Waals surface area contributed by atoms with Crippen LogP contribution in [0, 0.1) is 0 Å². The second kappa shape index (κ2) is 10.3. The van der Waals surface area contributed by atoms with Gasteiger partial charge in [0.15, 0.2) is 0 Å². The van der Waals surface area contributed by atoms with Crippen LogP contribution in [0.1, 0.15) is 29.0 Å². The van der Waals surface area contributed by atoms with E-state index in [1.165, 1.54) is 0 Å². The Balaban J connectivity index is 0.00000140.